The molecule has 35 heavy (non-hydrogen) atoms. The molecule has 0 amide bonds. The summed E-state index contributed by atoms with van der Waals surface area (Å²) < 4.78 is 7.48. The fourth-order valence-corrected chi connectivity index (χ4v) is 5.40. The number of ether oxygens (including phenoxy) is 1. The molecule has 1 aromatic heterocycles. The number of nitriles is 1. The van der Waals surface area contributed by atoms with E-state index in [0.717, 1.165) is 29.5 Å². The summed E-state index contributed by atoms with van der Waals surface area (Å²) in [6.45, 7) is 6.04. The number of nitrogens with zero attached hydrogens (tertiary/aromatic N) is 2. The van der Waals surface area contributed by atoms with E-state index in [0.29, 0.717) is 9.20 Å². The normalized spacial score (nSPS) is 15.7. The van der Waals surface area contributed by atoms with E-state index in [1.54, 1.807) is 13.0 Å². The lowest BCUT2D eigenvalue weighted by Crippen LogP contribution is -2.40. The van der Waals surface area contributed by atoms with E-state index in [4.69, 9.17) is 10.5 Å². The topological polar surface area (TPSA) is 98.1 Å². The van der Waals surface area contributed by atoms with Crippen molar-refractivity contribution in [1.29, 1.82) is 5.26 Å². The molecule has 2 aromatic carbocycles. The molecular weight excluding hydrogens is 458 g/mol. The van der Waals surface area contributed by atoms with Gasteiger partial charge in [-0.25, -0.2) is 4.79 Å². The molecule has 1 aliphatic heterocycles. The van der Waals surface area contributed by atoms with Crippen LogP contribution in [-0.4, -0.2) is 17.1 Å². The first-order valence-electron chi connectivity index (χ1n) is 11.7. The minimum Gasteiger partial charge on any atom is -0.463 e. The van der Waals surface area contributed by atoms with E-state index in [1.165, 1.54) is 21.5 Å². The van der Waals surface area contributed by atoms with Gasteiger partial charge in [0.1, 0.15) is 10.5 Å². The van der Waals surface area contributed by atoms with Gasteiger partial charge in [-0.15, -0.1) is 11.3 Å². The molecule has 0 unspecified atom stereocenters. The van der Waals surface area contributed by atoms with Crippen LogP contribution in [-0.2, 0) is 22.4 Å². The van der Waals surface area contributed by atoms with Gasteiger partial charge in [0, 0.05) is 0 Å². The van der Waals surface area contributed by atoms with Gasteiger partial charge in [0.05, 0.1) is 34.3 Å². The van der Waals surface area contributed by atoms with Crippen LogP contribution in [0.25, 0.3) is 17.5 Å². The first-order chi connectivity index (χ1) is 16.9. The van der Waals surface area contributed by atoms with Gasteiger partial charge in [0.25, 0.3) is 5.56 Å². The minimum atomic E-state index is -0.723. The number of benzene rings is 2. The first kappa shape index (κ1) is 24.2. The standard InChI is InChI=1S/C28H27N3O3S/c1-4-17-7-9-19(10-8-17)15-22-26(32)31-25(30)21(16-29)23(20-13-11-18(5-2)12-14-20)24(27(31)35-22)28(33)34-6-3/h7-15,23H,4-6,30H2,1-3H3/b22-15+/t23-/m0/s1. The van der Waals surface area contributed by atoms with Crippen molar-refractivity contribution in [1.82, 2.24) is 4.57 Å². The van der Waals surface area contributed by atoms with E-state index in [2.05, 4.69) is 19.9 Å². The molecule has 0 radical (unpaired) electrons. The highest BCUT2D eigenvalue weighted by atomic mass is 32.1. The van der Waals surface area contributed by atoms with Crippen LogP contribution in [0.2, 0.25) is 0 Å². The van der Waals surface area contributed by atoms with Crippen LogP contribution >= 0.6 is 11.3 Å². The fraction of sp³-hybridized carbons (Fsp3) is 0.250. The number of aryl methyl sites for hydroxylation is 2. The third-order valence-corrected chi connectivity index (χ3v) is 7.28. The van der Waals surface area contributed by atoms with E-state index >= 15 is 0 Å². The van der Waals surface area contributed by atoms with Crippen molar-refractivity contribution in [2.24, 2.45) is 5.73 Å². The summed E-state index contributed by atoms with van der Waals surface area (Å²) in [5, 5.41) is 10.1. The summed E-state index contributed by atoms with van der Waals surface area (Å²) in [5.41, 5.74) is 10.4. The van der Waals surface area contributed by atoms with Crippen LogP contribution in [0.15, 0.2) is 58.9 Å². The van der Waals surface area contributed by atoms with Crippen LogP contribution in [0.1, 0.15) is 48.9 Å². The average Bonchev–Trinajstić information content (AvgIpc) is 3.20. The van der Waals surface area contributed by atoms with Gasteiger partial charge in [-0.2, -0.15) is 5.26 Å². The summed E-state index contributed by atoms with van der Waals surface area (Å²) in [6.07, 6.45) is 3.57. The highest BCUT2D eigenvalue weighted by molar-refractivity contribution is 7.07. The van der Waals surface area contributed by atoms with Gasteiger partial charge in [-0.3, -0.25) is 9.36 Å². The molecule has 2 N–H and O–H groups in total. The molecule has 1 aliphatic rings. The van der Waals surface area contributed by atoms with Crippen molar-refractivity contribution in [2.45, 2.75) is 39.5 Å². The Labute approximate surface area is 207 Å². The zero-order valence-corrected chi connectivity index (χ0v) is 20.8. The van der Waals surface area contributed by atoms with E-state index in [1.807, 2.05) is 48.5 Å². The van der Waals surface area contributed by atoms with Crippen molar-refractivity contribution in [2.75, 3.05) is 6.61 Å². The van der Waals surface area contributed by atoms with Crippen LogP contribution in [0.3, 0.4) is 0 Å². The maximum Gasteiger partial charge on any atom is 0.338 e. The van der Waals surface area contributed by atoms with Crippen molar-refractivity contribution >= 4 is 34.8 Å². The third kappa shape index (κ3) is 4.45. The van der Waals surface area contributed by atoms with Gasteiger partial charge in [0.2, 0.25) is 0 Å². The van der Waals surface area contributed by atoms with Crippen LogP contribution in [0.5, 0.6) is 0 Å². The molecule has 1 atom stereocenters. The number of fused-ring (bicyclic) bond motifs is 1. The molecule has 0 saturated carbocycles. The zero-order chi connectivity index (χ0) is 25.1. The second kappa shape index (κ2) is 10.2. The van der Waals surface area contributed by atoms with Crippen molar-refractivity contribution in [3.63, 3.8) is 0 Å². The molecule has 7 heteroatoms. The second-order valence-corrected chi connectivity index (χ2v) is 9.26. The molecule has 0 fully saturated rings. The Balaban J connectivity index is 2.03. The van der Waals surface area contributed by atoms with Gasteiger partial charge < -0.3 is 10.5 Å². The average molecular weight is 486 g/mol. The number of carbonyl (C=O) groups excluding carboxylic acids is 1. The molecule has 0 aliphatic carbocycles. The number of thiazole rings is 1. The predicted molar refractivity (Wildman–Crippen MR) is 139 cm³/mol. The number of rotatable bonds is 6. The molecule has 0 spiro atoms. The largest absolute Gasteiger partial charge is 0.463 e. The maximum absolute atomic E-state index is 13.4. The molecule has 0 bridgehead atoms. The van der Waals surface area contributed by atoms with Crippen LogP contribution < -0.4 is 20.5 Å². The van der Waals surface area contributed by atoms with Gasteiger partial charge >= 0.3 is 5.97 Å². The zero-order valence-electron chi connectivity index (χ0n) is 20.0. The van der Waals surface area contributed by atoms with Gasteiger partial charge in [-0.1, -0.05) is 62.4 Å². The van der Waals surface area contributed by atoms with Crippen molar-refractivity contribution < 1.29 is 9.53 Å². The predicted octanol–water partition coefficient (Wildman–Crippen LogP) is 3.03. The molecule has 0 saturated heterocycles. The number of nitrogens with two attached hydrogens (primary N) is 1. The van der Waals surface area contributed by atoms with E-state index < -0.39 is 11.9 Å². The van der Waals surface area contributed by atoms with Gasteiger partial charge in [0.15, 0.2) is 0 Å². The molecule has 6 nitrogen and oxygen atoms in total. The number of allylic oxidation sites excluding steroid dienone is 1. The third-order valence-electron chi connectivity index (χ3n) is 6.17. The van der Waals surface area contributed by atoms with E-state index in [9.17, 15) is 14.9 Å². The molecule has 3 aromatic rings. The number of hydrogen-bond donors (Lipinski definition) is 1. The Kier molecular flexibility index (Phi) is 7.04. The number of esters is 1. The smallest absolute Gasteiger partial charge is 0.338 e. The molecule has 178 valence electrons. The summed E-state index contributed by atoms with van der Waals surface area (Å²) in [6, 6.07) is 17.8. The quantitative estimate of drug-likeness (QED) is 0.541. The van der Waals surface area contributed by atoms with Crippen molar-refractivity contribution in [3.8, 4) is 6.07 Å². The summed E-state index contributed by atoms with van der Waals surface area (Å²) in [7, 11) is 0. The number of carbonyl (C=O) groups is 1. The Morgan fingerprint density at radius 2 is 1.69 bits per heavy atom. The Bertz CT molecular complexity index is 1520. The minimum absolute atomic E-state index is 0.0438. The van der Waals surface area contributed by atoms with Gasteiger partial charge in [-0.05, 0) is 48.1 Å². The number of aromatic nitrogens is 1. The van der Waals surface area contributed by atoms with Crippen LogP contribution in [0, 0.1) is 11.3 Å². The Morgan fingerprint density at radius 3 is 2.23 bits per heavy atom. The monoisotopic (exact) mass is 485 g/mol. The lowest BCUT2D eigenvalue weighted by Gasteiger charge is -2.24. The second-order valence-electron chi connectivity index (χ2n) is 8.22. The molecular formula is C28H27N3O3S. The first-order valence-corrected chi connectivity index (χ1v) is 12.5. The summed E-state index contributed by atoms with van der Waals surface area (Å²) >= 11 is 1.18. The summed E-state index contributed by atoms with van der Waals surface area (Å²) in [4.78, 5) is 26.7. The lowest BCUT2D eigenvalue weighted by atomic mass is 9.83. The van der Waals surface area contributed by atoms with Crippen LogP contribution in [0.4, 0.5) is 0 Å². The Hall–Kier alpha value is -3.89. The van der Waals surface area contributed by atoms with Crippen molar-refractivity contribution in [3.05, 3.63) is 95.9 Å². The Morgan fingerprint density at radius 1 is 1.09 bits per heavy atom. The fourth-order valence-electron chi connectivity index (χ4n) is 4.23. The summed E-state index contributed by atoms with van der Waals surface area (Å²) in [5.74, 6) is -1.24. The lowest BCUT2D eigenvalue weighted by molar-refractivity contribution is -0.136. The highest BCUT2D eigenvalue weighted by Crippen LogP contribution is 2.36. The highest BCUT2D eigenvalue weighted by Gasteiger charge is 2.36. The maximum atomic E-state index is 13.4. The molecule has 4 rings (SSSR count). The molecule has 2 heterocycles. The SMILES string of the molecule is CCOC(=O)C1=c2s/c(=C/c3ccc(CC)cc3)c(=O)n2C(N)=C(C#N)[C@@H]1c1ccc(CC)cc1. The van der Waals surface area contributed by atoms with E-state index in [-0.39, 0.29) is 29.1 Å². The number of hydrogen-bond acceptors (Lipinski definition) is 6.